The monoisotopic (exact) mass is 315 g/mol. The van der Waals surface area contributed by atoms with Crippen LogP contribution >= 0.6 is 11.8 Å². The van der Waals surface area contributed by atoms with Crippen LogP contribution in [0.1, 0.15) is 19.3 Å². The topological polar surface area (TPSA) is 84.2 Å². The number of thioether (sulfide) groups is 1. The number of hydrogen-bond acceptors (Lipinski definition) is 5. The van der Waals surface area contributed by atoms with Gasteiger partial charge in [-0.25, -0.2) is 13.1 Å². The zero-order chi connectivity index (χ0) is 14.8. The van der Waals surface area contributed by atoms with E-state index in [2.05, 4.69) is 16.3 Å². The third-order valence-electron chi connectivity index (χ3n) is 3.68. The summed E-state index contributed by atoms with van der Waals surface area (Å²) >= 11 is 1.88. The van der Waals surface area contributed by atoms with E-state index in [1.807, 2.05) is 11.8 Å². The number of sulfonamides is 1. The smallest absolute Gasteiger partial charge is 0.240 e. The molecule has 5 nitrogen and oxygen atoms in total. The maximum atomic E-state index is 11.8. The molecule has 0 saturated heterocycles. The van der Waals surface area contributed by atoms with Crippen molar-refractivity contribution in [2.75, 3.05) is 24.4 Å². The summed E-state index contributed by atoms with van der Waals surface area (Å²) in [6.45, 7) is 0. The van der Waals surface area contributed by atoms with E-state index >= 15 is 0 Å². The molecule has 0 aromatic heterocycles. The summed E-state index contributed by atoms with van der Waals surface area (Å²) in [6.07, 6.45) is 5.49. The lowest BCUT2D eigenvalue weighted by Gasteiger charge is -2.17. The fourth-order valence-corrected chi connectivity index (χ4v) is 4.00. The first-order valence-electron chi connectivity index (χ1n) is 6.58. The second kappa shape index (κ2) is 6.24. The second-order valence-electron chi connectivity index (χ2n) is 4.97. The predicted octanol–water partition coefficient (Wildman–Crippen LogP) is 1.87. The molecule has 0 amide bonds. The number of hydrogen-bond donors (Lipinski definition) is 3. The summed E-state index contributed by atoms with van der Waals surface area (Å²) in [6, 6.07) is 5.12. The van der Waals surface area contributed by atoms with Crippen LogP contribution in [0.2, 0.25) is 0 Å². The Morgan fingerprint density at radius 1 is 1.35 bits per heavy atom. The summed E-state index contributed by atoms with van der Waals surface area (Å²) in [4.78, 5) is 0.233. The fraction of sp³-hybridized carbons (Fsp3) is 0.538. The van der Waals surface area contributed by atoms with E-state index in [0.717, 1.165) is 12.8 Å². The van der Waals surface area contributed by atoms with Crippen molar-refractivity contribution in [2.24, 2.45) is 0 Å². The molecular weight excluding hydrogens is 294 g/mol. The minimum absolute atomic E-state index is 0.233. The average Bonchev–Trinajstić information content (AvgIpc) is 2.89. The number of anilines is 2. The van der Waals surface area contributed by atoms with Crippen molar-refractivity contribution >= 4 is 33.2 Å². The molecule has 1 fully saturated rings. The van der Waals surface area contributed by atoms with Crippen molar-refractivity contribution < 1.29 is 8.42 Å². The molecular formula is C13H21N3O2S2. The second-order valence-corrected chi connectivity index (χ2v) is 7.99. The van der Waals surface area contributed by atoms with E-state index in [1.54, 1.807) is 12.1 Å². The Morgan fingerprint density at radius 3 is 2.70 bits per heavy atom. The van der Waals surface area contributed by atoms with Crippen LogP contribution in [0, 0.1) is 0 Å². The molecule has 2 atom stereocenters. The van der Waals surface area contributed by atoms with Gasteiger partial charge < -0.3 is 11.1 Å². The summed E-state index contributed by atoms with van der Waals surface area (Å²) < 4.78 is 25.9. The number of rotatable bonds is 5. The fourth-order valence-electron chi connectivity index (χ4n) is 2.45. The van der Waals surface area contributed by atoms with Gasteiger partial charge >= 0.3 is 0 Å². The molecule has 1 aliphatic rings. The van der Waals surface area contributed by atoms with Crippen molar-refractivity contribution in [2.45, 2.75) is 35.4 Å². The summed E-state index contributed by atoms with van der Waals surface area (Å²) in [5.41, 5.74) is 7.21. The van der Waals surface area contributed by atoms with Crippen molar-refractivity contribution in [1.29, 1.82) is 0 Å². The molecule has 112 valence electrons. The van der Waals surface area contributed by atoms with E-state index in [1.165, 1.54) is 19.5 Å². The lowest BCUT2D eigenvalue weighted by molar-refractivity contribution is 0.588. The number of nitrogen functional groups attached to an aromatic ring is 1. The molecule has 1 aromatic rings. The molecule has 0 radical (unpaired) electrons. The summed E-state index contributed by atoms with van der Waals surface area (Å²) in [5.74, 6) is 0. The molecule has 0 aliphatic heterocycles. The predicted molar refractivity (Wildman–Crippen MR) is 85.7 cm³/mol. The zero-order valence-corrected chi connectivity index (χ0v) is 13.4. The Bertz CT molecular complexity index is 575. The van der Waals surface area contributed by atoms with Gasteiger partial charge in [-0.15, -0.1) is 0 Å². The van der Waals surface area contributed by atoms with Crippen LogP contribution in [0.25, 0.3) is 0 Å². The molecule has 4 N–H and O–H groups in total. The van der Waals surface area contributed by atoms with Crippen LogP contribution in [-0.2, 0) is 10.0 Å². The minimum Gasteiger partial charge on any atom is -0.397 e. The van der Waals surface area contributed by atoms with Crippen molar-refractivity contribution in [3.05, 3.63) is 18.2 Å². The van der Waals surface area contributed by atoms with Crippen molar-refractivity contribution in [1.82, 2.24) is 4.72 Å². The third-order valence-corrected chi connectivity index (χ3v) is 6.19. The highest BCUT2D eigenvalue weighted by atomic mass is 32.2. The molecule has 0 spiro atoms. The van der Waals surface area contributed by atoms with Crippen molar-refractivity contribution in [3.63, 3.8) is 0 Å². The SMILES string of the molecule is CNS(=O)(=O)c1ccc(N)c(NC2CCC(SC)C2)c1. The van der Waals surface area contributed by atoms with Crippen molar-refractivity contribution in [3.8, 4) is 0 Å². The van der Waals surface area contributed by atoms with E-state index in [-0.39, 0.29) is 4.90 Å². The van der Waals surface area contributed by atoms with Gasteiger partial charge in [-0.1, -0.05) is 0 Å². The molecule has 2 rings (SSSR count). The first-order chi connectivity index (χ1) is 9.46. The van der Waals surface area contributed by atoms with Gasteiger partial charge in [0.05, 0.1) is 16.3 Å². The highest BCUT2D eigenvalue weighted by Crippen LogP contribution is 2.32. The Hall–Kier alpha value is -0.920. The van der Waals surface area contributed by atoms with E-state index in [4.69, 9.17) is 5.73 Å². The summed E-state index contributed by atoms with van der Waals surface area (Å²) in [5, 5.41) is 4.06. The lowest BCUT2D eigenvalue weighted by atomic mass is 10.2. The molecule has 2 unspecified atom stereocenters. The largest absolute Gasteiger partial charge is 0.397 e. The van der Waals surface area contributed by atoms with Gasteiger partial charge in [-0.2, -0.15) is 11.8 Å². The number of nitrogens with one attached hydrogen (secondary N) is 2. The van der Waals surface area contributed by atoms with E-state index < -0.39 is 10.0 Å². The third kappa shape index (κ3) is 3.39. The van der Waals surface area contributed by atoms with E-state index in [0.29, 0.717) is 22.7 Å². The number of nitrogens with two attached hydrogens (primary N) is 1. The van der Waals surface area contributed by atoms with Crippen LogP contribution < -0.4 is 15.8 Å². The normalized spacial score (nSPS) is 22.9. The molecule has 7 heteroatoms. The lowest BCUT2D eigenvalue weighted by Crippen LogP contribution is -2.20. The highest BCUT2D eigenvalue weighted by molar-refractivity contribution is 7.99. The zero-order valence-electron chi connectivity index (χ0n) is 11.7. The maximum absolute atomic E-state index is 11.8. The first kappa shape index (κ1) is 15.5. The van der Waals surface area contributed by atoms with Gasteiger partial charge in [0.2, 0.25) is 10.0 Å². The molecule has 1 saturated carbocycles. The molecule has 1 aromatic carbocycles. The van der Waals surface area contributed by atoms with Gasteiger partial charge in [0.25, 0.3) is 0 Å². The van der Waals surface area contributed by atoms with Gasteiger partial charge in [-0.05, 0) is 50.8 Å². The quantitative estimate of drug-likeness (QED) is 0.723. The highest BCUT2D eigenvalue weighted by Gasteiger charge is 2.24. The van der Waals surface area contributed by atoms with Gasteiger partial charge in [0, 0.05) is 11.3 Å². The Balaban J connectivity index is 2.18. The van der Waals surface area contributed by atoms with Gasteiger partial charge in [-0.3, -0.25) is 0 Å². The van der Waals surface area contributed by atoms with Gasteiger partial charge in [0.15, 0.2) is 0 Å². The molecule has 1 aliphatic carbocycles. The standard InChI is InChI=1S/C13H21N3O2S2/c1-15-20(17,18)11-5-6-12(14)13(8-11)16-9-3-4-10(7-9)19-2/h5-6,8-10,15-16H,3-4,7,14H2,1-2H3. The Kier molecular flexibility index (Phi) is 4.82. The Morgan fingerprint density at radius 2 is 2.10 bits per heavy atom. The molecule has 0 heterocycles. The van der Waals surface area contributed by atoms with E-state index in [9.17, 15) is 8.42 Å². The molecule has 20 heavy (non-hydrogen) atoms. The number of benzene rings is 1. The van der Waals surface area contributed by atoms with Crippen LogP contribution in [0.5, 0.6) is 0 Å². The minimum atomic E-state index is -3.44. The van der Waals surface area contributed by atoms with Crippen LogP contribution in [-0.4, -0.2) is 33.0 Å². The van der Waals surface area contributed by atoms with Crippen LogP contribution in [0.15, 0.2) is 23.1 Å². The first-order valence-corrected chi connectivity index (χ1v) is 9.35. The Labute approximate surface area is 124 Å². The average molecular weight is 315 g/mol. The maximum Gasteiger partial charge on any atom is 0.240 e. The summed E-state index contributed by atoms with van der Waals surface area (Å²) in [7, 11) is -2.03. The van der Waals surface area contributed by atoms with Crippen LogP contribution in [0.3, 0.4) is 0 Å². The van der Waals surface area contributed by atoms with Crippen LogP contribution in [0.4, 0.5) is 11.4 Å². The van der Waals surface area contributed by atoms with Gasteiger partial charge in [0.1, 0.15) is 0 Å². The molecule has 0 bridgehead atoms.